The third-order valence-electron chi connectivity index (χ3n) is 3.72. The molecule has 0 aliphatic carbocycles. The van der Waals surface area contributed by atoms with Crippen LogP contribution in [0, 0.1) is 18.3 Å². The summed E-state index contributed by atoms with van der Waals surface area (Å²) in [7, 11) is 0. The molecule has 0 spiro atoms. The van der Waals surface area contributed by atoms with Crippen LogP contribution in [0.3, 0.4) is 0 Å². The predicted octanol–water partition coefficient (Wildman–Crippen LogP) is 3.07. The van der Waals surface area contributed by atoms with E-state index in [0.29, 0.717) is 23.6 Å². The maximum absolute atomic E-state index is 9.38. The third kappa shape index (κ3) is 3.51. The summed E-state index contributed by atoms with van der Waals surface area (Å²) >= 11 is 0. The zero-order chi connectivity index (χ0) is 17.8. The van der Waals surface area contributed by atoms with Crippen molar-refractivity contribution >= 4 is 11.8 Å². The normalized spacial score (nSPS) is 10.2. The molecule has 0 saturated carbocycles. The fourth-order valence-electron chi connectivity index (χ4n) is 2.43. The van der Waals surface area contributed by atoms with Gasteiger partial charge in [-0.05, 0) is 24.6 Å². The van der Waals surface area contributed by atoms with Gasteiger partial charge in [-0.15, -0.1) is 0 Å². The first-order valence-corrected chi connectivity index (χ1v) is 7.69. The summed E-state index contributed by atoms with van der Waals surface area (Å²) in [4.78, 5) is 8.03. The number of anilines is 2. The van der Waals surface area contributed by atoms with Crippen LogP contribution in [-0.4, -0.2) is 9.97 Å². The van der Waals surface area contributed by atoms with Crippen molar-refractivity contribution in [2.75, 3.05) is 11.5 Å². The summed E-state index contributed by atoms with van der Waals surface area (Å²) in [5.74, 6) is 0.662. The monoisotopic (exact) mass is 331 g/mol. The van der Waals surface area contributed by atoms with Crippen molar-refractivity contribution in [2.24, 2.45) is 0 Å². The summed E-state index contributed by atoms with van der Waals surface area (Å²) in [6.07, 6.45) is 0. The van der Waals surface area contributed by atoms with Crippen LogP contribution in [0.4, 0.5) is 11.8 Å². The van der Waals surface area contributed by atoms with Gasteiger partial charge >= 0.3 is 0 Å². The lowest BCUT2D eigenvalue weighted by Crippen LogP contribution is -2.06. The summed E-state index contributed by atoms with van der Waals surface area (Å²) < 4.78 is 5.95. The molecule has 3 aromatic rings. The number of ether oxygens (including phenoxy) is 1. The van der Waals surface area contributed by atoms with Gasteiger partial charge in [0.1, 0.15) is 29.8 Å². The molecule has 0 saturated heterocycles. The van der Waals surface area contributed by atoms with Crippen molar-refractivity contribution < 1.29 is 4.74 Å². The highest BCUT2D eigenvalue weighted by atomic mass is 16.5. The van der Waals surface area contributed by atoms with Gasteiger partial charge in [0.15, 0.2) is 0 Å². The van der Waals surface area contributed by atoms with Gasteiger partial charge in [-0.2, -0.15) is 10.2 Å². The number of nitriles is 1. The van der Waals surface area contributed by atoms with Crippen LogP contribution in [0.5, 0.6) is 5.75 Å². The second kappa shape index (κ2) is 6.89. The second-order valence-electron chi connectivity index (χ2n) is 5.57. The maximum atomic E-state index is 9.38. The van der Waals surface area contributed by atoms with Crippen LogP contribution in [0.15, 0.2) is 48.5 Å². The number of aromatic nitrogens is 2. The molecule has 0 bridgehead atoms. The largest absolute Gasteiger partial charge is 0.488 e. The van der Waals surface area contributed by atoms with E-state index < -0.39 is 0 Å². The lowest BCUT2D eigenvalue weighted by Gasteiger charge is -2.13. The molecule has 0 aliphatic rings. The molecule has 25 heavy (non-hydrogen) atoms. The van der Waals surface area contributed by atoms with E-state index in [-0.39, 0.29) is 17.3 Å². The van der Waals surface area contributed by atoms with Crippen LogP contribution in [-0.2, 0) is 6.61 Å². The van der Waals surface area contributed by atoms with Gasteiger partial charge in [0.25, 0.3) is 0 Å². The van der Waals surface area contributed by atoms with Gasteiger partial charge < -0.3 is 16.2 Å². The number of benzene rings is 2. The third-order valence-corrected chi connectivity index (χ3v) is 3.72. The van der Waals surface area contributed by atoms with Crippen molar-refractivity contribution in [2.45, 2.75) is 13.5 Å². The molecule has 3 rings (SSSR count). The Morgan fingerprint density at radius 1 is 1.04 bits per heavy atom. The van der Waals surface area contributed by atoms with Crippen molar-refractivity contribution in [1.82, 2.24) is 9.97 Å². The minimum absolute atomic E-state index is 0.0137. The Balaban J connectivity index is 1.97. The number of aryl methyl sites for hydroxylation is 1. The fraction of sp³-hybridized carbons (Fsp3) is 0.105. The van der Waals surface area contributed by atoms with E-state index in [1.807, 2.05) is 61.5 Å². The summed E-state index contributed by atoms with van der Waals surface area (Å²) in [6.45, 7) is 2.43. The number of nitrogens with zero attached hydrogens (tertiary/aromatic N) is 3. The standard InChI is InChI=1S/C19H17N5O/c1-12-6-8-13(9-7-12)11-25-16-5-3-2-4-14(16)17-15(10-20)18(21)24-19(22)23-17/h2-9H,11H2,1H3,(H4,21,22,23,24). The van der Waals surface area contributed by atoms with Crippen LogP contribution in [0.1, 0.15) is 16.7 Å². The van der Waals surface area contributed by atoms with Crippen LogP contribution in [0.2, 0.25) is 0 Å². The minimum atomic E-state index is 0.0137. The Bertz CT molecular complexity index is 945. The summed E-state index contributed by atoms with van der Waals surface area (Å²) in [5.41, 5.74) is 14.9. The number of nitrogen functional groups attached to an aromatic ring is 2. The van der Waals surface area contributed by atoms with Crippen molar-refractivity contribution in [3.8, 4) is 23.1 Å². The molecule has 0 unspecified atom stereocenters. The van der Waals surface area contributed by atoms with Gasteiger partial charge in [-0.1, -0.05) is 42.0 Å². The Kier molecular flexibility index (Phi) is 4.48. The molecule has 124 valence electrons. The lowest BCUT2D eigenvalue weighted by atomic mass is 10.1. The van der Waals surface area contributed by atoms with Gasteiger partial charge in [0.05, 0.1) is 5.69 Å². The number of rotatable bonds is 4. The molecule has 4 N–H and O–H groups in total. The quantitative estimate of drug-likeness (QED) is 0.760. The Morgan fingerprint density at radius 2 is 1.76 bits per heavy atom. The van der Waals surface area contributed by atoms with Crippen molar-refractivity contribution in [1.29, 1.82) is 5.26 Å². The smallest absolute Gasteiger partial charge is 0.222 e. The molecule has 6 heteroatoms. The molecule has 0 amide bonds. The van der Waals surface area contributed by atoms with E-state index >= 15 is 0 Å². The number of hydrogen-bond acceptors (Lipinski definition) is 6. The fourth-order valence-corrected chi connectivity index (χ4v) is 2.43. The Morgan fingerprint density at radius 3 is 2.48 bits per heavy atom. The second-order valence-corrected chi connectivity index (χ2v) is 5.57. The lowest BCUT2D eigenvalue weighted by molar-refractivity contribution is 0.307. The van der Waals surface area contributed by atoms with E-state index in [9.17, 15) is 5.26 Å². The first-order chi connectivity index (χ1) is 12.1. The van der Waals surface area contributed by atoms with Crippen LogP contribution >= 0.6 is 0 Å². The van der Waals surface area contributed by atoms with E-state index in [1.54, 1.807) is 0 Å². The van der Waals surface area contributed by atoms with Gasteiger partial charge in [-0.3, -0.25) is 0 Å². The summed E-state index contributed by atoms with van der Waals surface area (Å²) in [6, 6.07) is 17.4. The molecule has 0 aliphatic heterocycles. The summed E-state index contributed by atoms with van der Waals surface area (Å²) in [5, 5.41) is 9.38. The first-order valence-electron chi connectivity index (χ1n) is 7.69. The number of hydrogen-bond donors (Lipinski definition) is 2. The zero-order valence-electron chi connectivity index (χ0n) is 13.7. The predicted molar refractivity (Wildman–Crippen MR) is 96.5 cm³/mol. The Labute approximate surface area is 145 Å². The molecule has 0 fully saturated rings. The molecular formula is C19H17N5O. The van der Waals surface area contributed by atoms with E-state index in [4.69, 9.17) is 16.2 Å². The molecule has 6 nitrogen and oxygen atoms in total. The number of nitrogens with two attached hydrogens (primary N) is 2. The molecule has 0 radical (unpaired) electrons. The highest BCUT2D eigenvalue weighted by Crippen LogP contribution is 2.33. The zero-order valence-corrected chi connectivity index (χ0v) is 13.7. The average molecular weight is 331 g/mol. The first kappa shape index (κ1) is 16.3. The van der Waals surface area contributed by atoms with E-state index in [2.05, 4.69) is 9.97 Å². The Hall–Kier alpha value is -3.59. The topological polar surface area (TPSA) is 111 Å². The van der Waals surface area contributed by atoms with Crippen LogP contribution < -0.4 is 16.2 Å². The van der Waals surface area contributed by atoms with Gasteiger partial charge in [0, 0.05) is 5.56 Å². The molecule has 1 aromatic heterocycles. The molecule has 1 heterocycles. The maximum Gasteiger partial charge on any atom is 0.222 e. The van der Waals surface area contributed by atoms with Gasteiger partial charge in [0.2, 0.25) is 5.95 Å². The van der Waals surface area contributed by atoms with Gasteiger partial charge in [-0.25, -0.2) is 4.98 Å². The average Bonchev–Trinajstić information content (AvgIpc) is 2.61. The highest BCUT2D eigenvalue weighted by molar-refractivity contribution is 5.77. The van der Waals surface area contributed by atoms with Crippen molar-refractivity contribution in [3.63, 3.8) is 0 Å². The molecule has 2 aromatic carbocycles. The van der Waals surface area contributed by atoms with Crippen LogP contribution in [0.25, 0.3) is 11.3 Å². The molecular weight excluding hydrogens is 314 g/mol. The molecule has 0 atom stereocenters. The number of para-hydroxylation sites is 1. The van der Waals surface area contributed by atoms with E-state index in [1.165, 1.54) is 5.56 Å². The minimum Gasteiger partial charge on any atom is -0.488 e. The van der Waals surface area contributed by atoms with E-state index in [0.717, 1.165) is 5.56 Å². The van der Waals surface area contributed by atoms with Crippen molar-refractivity contribution in [3.05, 3.63) is 65.2 Å². The highest BCUT2D eigenvalue weighted by Gasteiger charge is 2.16. The SMILES string of the molecule is Cc1ccc(COc2ccccc2-c2nc(N)nc(N)c2C#N)cc1.